The van der Waals surface area contributed by atoms with E-state index in [1.807, 2.05) is 0 Å². The molecule has 0 unspecified atom stereocenters. The zero-order chi connectivity index (χ0) is 18.1. The van der Waals surface area contributed by atoms with E-state index in [9.17, 15) is 28.1 Å². The van der Waals surface area contributed by atoms with Gasteiger partial charge >= 0.3 is 6.18 Å². The number of pyridine rings is 1. The molecular weight excluding hydrogens is 327 g/mol. The number of benzene rings is 1. The highest BCUT2D eigenvalue weighted by atomic mass is 19.4. The van der Waals surface area contributed by atoms with Crippen molar-refractivity contribution >= 4 is 17.3 Å². The van der Waals surface area contributed by atoms with E-state index in [1.165, 1.54) is 19.1 Å². The molecule has 0 atom stereocenters. The van der Waals surface area contributed by atoms with Crippen molar-refractivity contribution in [2.45, 2.75) is 20.0 Å². The van der Waals surface area contributed by atoms with Crippen LogP contribution in [0.3, 0.4) is 0 Å². The maximum atomic E-state index is 12.9. The molecule has 0 aliphatic heterocycles. The maximum absolute atomic E-state index is 12.9. The van der Waals surface area contributed by atoms with Gasteiger partial charge in [-0.3, -0.25) is 19.9 Å². The molecule has 0 aliphatic rings. The molecule has 24 heavy (non-hydrogen) atoms. The summed E-state index contributed by atoms with van der Waals surface area (Å²) in [5.41, 5.74) is -1.39. The number of aromatic nitrogens is 1. The number of hydrogen-bond acceptors (Lipinski definition) is 4. The van der Waals surface area contributed by atoms with Gasteiger partial charge in [-0.15, -0.1) is 0 Å². The summed E-state index contributed by atoms with van der Waals surface area (Å²) in [5.74, 6) is -0.878. The number of hydrogen-bond donors (Lipinski definition) is 1. The third-order valence-corrected chi connectivity index (χ3v) is 3.39. The summed E-state index contributed by atoms with van der Waals surface area (Å²) in [7, 11) is 0. The Balaban J connectivity index is 2.35. The van der Waals surface area contributed by atoms with Crippen molar-refractivity contribution in [2.24, 2.45) is 0 Å². The standard InChI is InChI=1S/C15H12F3N3O3/c1-8-3-4-10(7-12(8)21(23)24)20-14(22)13-9(2)11(5-6-19-13)15(16,17)18/h3-7H,1-2H3,(H,20,22). The Kier molecular flexibility index (Phi) is 4.54. The van der Waals surface area contributed by atoms with E-state index < -0.39 is 28.3 Å². The van der Waals surface area contributed by atoms with Crippen LogP contribution in [0.4, 0.5) is 24.5 Å². The second-order valence-electron chi connectivity index (χ2n) is 5.04. The maximum Gasteiger partial charge on any atom is 0.416 e. The molecular formula is C15H12F3N3O3. The molecule has 0 spiro atoms. The van der Waals surface area contributed by atoms with Crippen LogP contribution < -0.4 is 5.32 Å². The monoisotopic (exact) mass is 339 g/mol. The van der Waals surface area contributed by atoms with Crippen LogP contribution in [0.15, 0.2) is 30.5 Å². The fourth-order valence-corrected chi connectivity index (χ4v) is 2.15. The number of nitro groups is 1. The first kappa shape index (κ1) is 17.4. The number of nitrogens with zero attached hydrogens (tertiary/aromatic N) is 2. The lowest BCUT2D eigenvalue weighted by atomic mass is 10.1. The summed E-state index contributed by atoms with van der Waals surface area (Å²) in [5, 5.41) is 13.2. The number of carbonyl (C=O) groups is 1. The second kappa shape index (κ2) is 6.26. The molecule has 0 saturated carbocycles. The Hall–Kier alpha value is -2.97. The van der Waals surface area contributed by atoms with E-state index in [0.29, 0.717) is 5.56 Å². The first-order valence-corrected chi connectivity index (χ1v) is 6.70. The molecule has 1 aromatic carbocycles. The highest BCUT2D eigenvalue weighted by Gasteiger charge is 2.34. The van der Waals surface area contributed by atoms with Crippen molar-refractivity contribution in [1.29, 1.82) is 0 Å². The van der Waals surface area contributed by atoms with Crippen molar-refractivity contribution in [2.75, 3.05) is 5.32 Å². The summed E-state index contributed by atoms with van der Waals surface area (Å²) in [6.07, 6.45) is -3.72. The largest absolute Gasteiger partial charge is 0.416 e. The van der Waals surface area contributed by atoms with E-state index in [2.05, 4.69) is 10.3 Å². The lowest BCUT2D eigenvalue weighted by Gasteiger charge is -2.13. The van der Waals surface area contributed by atoms with Crippen molar-refractivity contribution < 1.29 is 22.9 Å². The molecule has 0 aliphatic carbocycles. The lowest BCUT2D eigenvalue weighted by molar-refractivity contribution is -0.385. The van der Waals surface area contributed by atoms with Crippen LogP contribution in [0.2, 0.25) is 0 Å². The molecule has 6 nitrogen and oxygen atoms in total. The summed E-state index contributed by atoms with van der Waals surface area (Å²) < 4.78 is 38.6. The number of rotatable bonds is 3. The smallest absolute Gasteiger partial charge is 0.320 e. The quantitative estimate of drug-likeness (QED) is 0.679. The van der Waals surface area contributed by atoms with Crippen molar-refractivity contribution in [1.82, 2.24) is 4.98 Å². The van der Waals surface area contributed by atoms with E-state index in [0.717, 1.165) is 25.3 Å². The number of anilines is 1. The molecule has 1 heterocycles. The number of nitrogens with one attached hydrogen (secondary N) is 1. The average molecular weight is 339 g/mol. The molecule has 0 fully saturated rings. The molecule has 0 radical (unpaired) electrons. The van der Waals surface area contributed by atoms with E-state index >= 15 is 0 Å². The van der Waals surface area contributed by atoms with E-state index in [-0.39, 0.29) is 16.9 Å². The Morgan fingerprint density at radius 1 is 1.25 bits per heavy atom. The van der Waals surface area contributed by atoms with Crippen molar-refractivity contribution in [3.63, 3.8) is 0 Å². The first-order chi connectivity index (χ1) is 11.1. The molecule has 1 N–H and O–H groups in total. The molecule has 1 aromatic heterocycles. The molecule has 2 aromatic rings. The predicted octanol–water partition coefficient (Wildman–Crippen LogP) is 3.88. The zero-order valence-corrected chi connectivity index (χ0v) is 12.6. The Labute approximate surface area is 134 Å². The fraction of sp³-hybridized carbons (Fsp3) is 0.200. The van der Waals surface area contributed by atoms with Gasteiger partial charge in [0.2, 0.25) is 0 Å². The lowest BCUT2D eigenvalue weighted by Crippen LogP contribution is -2.18. The Morgan fingerprint density at radius 2 is 1.92 bits per heavy atom. The van der Waals surface area contributed by atoms with Gasteiger partial charge in [0.1, 0.15) is 5.69 Å². The molecule has 2 rings (SSSR count). The van der Waals surface area contributed by atoms with Crippen LogP contribution in [-0.2, 0) is 6.18 Å². The normalized spacial score (nSPS) is 11.2. The highest BCUT2D eigenvalue weighted by Crippen LogP contribution is 2.32. The highest BCUT2D eigenvalue weighted by molar-refractivity contribution is 6.04. The SMILES string of the molecule is Cc1ccc(NC(=O)c2nccc(C(F)(F)F)c2C)cc1[N+](=O)[O-]. The van der Waals surface area contributed by atoms with Crippen LogP contribution in [0, 0.1) is 24.0 Å². The van der Waals surface area contributed by atoms with Gasteiger partial charge in [0.05, 0.1) is 10.5 Å². The molecule has 1 amide bonds. The Bertz CT molecular complexity index is 819. The van der Waals surface area contributed by atoms with Crippen LogP contribution in [0.5, 0.6) is 0 Å². The first-order valence-electron chi connectivity index (χ1n) is 6.70. The second-order valence-corrected chi connectivity index (χ2v) is 5.04. The molecule has 0 bridgehead atoms. The molecule has 0 saturated heterocycles. The minimum absolute atomic E-state index is 0.0934. The van der Waals surface area contributed by atoms with Gasteiger partial charge in [0.15, 0.2) is 0 Å². The zero-order valence-electron chi connectivity index (χ0n) is 12.6. The summed E-state index contributed by atoms with van der Waals surface area (Å²) in [4.78, 5) is 26.1. The van der Waals surface area contributed by atoms with Gasteiger partial charge in [0, 0.05) is 23.5 Å². The fourth-order valence-electron chi connectivity index (χ4n) is 2.15. The van der Waals surface area contributed by atoms with Crippen molar-refractivity contribution in [3.8, 4) is 0 Å². The minimum atomic E-state index is -4.61. The molecule has 126 valence electrons. The van der Waals surface area contributed by atoms with E-state index in [1.54, 1.807) is 0 Å². The summed E-state index contributed by atoms with van der Waals surface area (Å²) in [6, 6.07) is 4.77. The van der Waals surface area contributed by atoms with Gasteiger partial charge in [-0.25, -0.2) is 0 Å². The van der Waals surface area contributed by atoms with Crippen LogP contribution in [0.25, 0.3) is 0 Å². The van der Waals surface area contributed by atoms with Gasteiger partial charge < -0.3 is 5.32 Å². The number of amides is 1. The summed E-state index contributed by atoms with van der Waals surface area (Å²) >= 11 is 0. The topological polar surface area (TPSA) is 85.1 Å². The number of aryl methyl sites for hydroxylation is 1. The van der Waals surface area contributed by atoms with Crippen molar-refractivity contribution in [3.05, 3.63) is 63.0 Å². The van der Waals surface area contributed by atoms with Crippen LogP contribution in [-0.4, -0.2) is 15.8 Å². The Morgan fingerprint density at radius 3 is 2.50 bits per heavy atom. The van der Waals surface area contributed by atoms with Crippen LogP contribution >= 0.6 is 0 Å². The minimum Gasteiger partial charge on any atom is -0.320 e. The van der Waals surface area contributed by atoms with Gasteiger partial charge in [0.25, 0.3) is 11.6 Å². The third kappa shape index (κ3) is 3.50. The van der Waals surface area contributed by atoms with Gasteiger partial charge in [-0.1, -0.05) is 6.07 Å². The van der Waals surface area contributed by atoms with Gasteiger partial charge in [-0.2, -0.15) is 13.2 Å². The van der Waals surface area contributed by atoms with E-state index in [4.69, 9.17) is 0 Å². The number of carbonyl (C=O) groups excluding carboxylic acids is 1. The number of alkyl halides is 3. The number of halogens is 3. The van der Waals surface area contributed by atoms with Gasteiger partial charge in [-0.05, 0) is 31.5 Å². The average Bonchev–Trinajstić information content (AvgIpc) is 2.47. The number of nitro benzene ring substituents is 1. The molecule has 9 heteroatoms. The van der Waals surface area contributed by atoms with Crippen LogP contribution in [0.1, 0.15) is 27.2 Å². The predicted molar refractivity (Wildman–Crippen MR) is 79.8 cm³/mol. The third-order valence-electron chi connectivity index (χ3n) is 3.39. The summed E-state index contributed by atoms with van der Waals surface area (Å²) in [6.45, 7) is 2.67.